The van der Waals surface area contributed by atoms with Crippen LogP contribution in [0.3, 0.4) is 0 Å². The molecule has 0 aliphatic heterocycles. The lowest BCUT2D eigenvalue weighted by Gasteiger charge is -2.29. The average molecular weight is 184 g/mol. The van der Waals surface area contributed by atoms with Crippen molar-refractivity contribution >= 4 is 5.97 Å². The van der Waals surface area contributed by atoms with E-state index in [1.807, 2.05) is 0 Å². The van der Waals surface area contributed by atoms with Crippen LogP contribution in [0.4, 0.5) is 0 Å². The van der Waals surface area contributed by atoms with Gasteiger partial charge in [-0.05, 0) is 25.7 Å². The second kappa shape index (κ2) is 4.42. The molecule has 0 amide bonds. The lowest BCUT2D eigenvalue weighted by molar-refractivity contribution is -0.167. The second-order valence-corrected chi connectivity index (χ2v) is 3.48. The normalized spacial score (nSPS) is 20.7. The van der Waals surface area contributed by atoms with E-state index >= 15 is 0 Å². The summed E-state index contributed by atoms with van der Waals surface area (Å²) in [6, 6.07) is 0. The highest BCUT2D eigenvalue weighted by Crippen LogP contribution is 2.28. The minimum absolute atomic E-state index is 0.182. The molecule has 0 aromatic carbocycles. The molecular formula is C10H16O3. The van der Waals surface area contributed by atoms with Crippen molar-refractivity contribution in [3.05, 3.63) is 12.7 Å². The Hall–Kier alpha value is -0.830. The maximum atomic E-state index is 11.4. The summed E-state index contributed by atoms with van der Waals surface area (Å²) in [5, 5.41) is 9.86. The Labute approximate surface area is 78.4 Å². The summed E-state index contributed by atoms with van der Waals surface area (Å²) < 4.78 is 4.83. The molecule has 0 saturated heterocycles. The predicted molar refractivity (Wildman–Crippen MR) is 49.2 cm³/mol. The van der Waals surface area contributed by atoms with Crippen LogP contribution in [0, 0.1) is 0 Å². The van der Waals surface area contributed by atoms with E-state index in [1.54, 1.807) is 0 Å². The van der Waals surface area contributed by atoms with Crippen molar-refractivity contribution in [1.82, 2.24) is 0 Å². The maximum absolute atomic E-state index is 11.4. The minimum Gasteiger partial charge on any atom is -0.459 e. The van der Waals surface area contributed by atoms with Gasteiger partial charge in [0.25, 0.3) is 0 Å². The highest BCUT2D eigenvalue weighted by molar-refractivity contribution is 5.79. The standard InChI is InChI=1S/C10H16O3/c1-2-8-13-9(11)10(12)6-4-3-5-7-10/h2,12H,1,3-8H2. The molecular weight excluding hydrogens is 168 g/mol. The van der Waals surface area contributed by atoms with Gasteiger partial charge in [0.15, 0.2) is 5.60 Å². The lowest BCUT2D eigenvalue weighted by atomic mass is 9.85. The van der Waals surface area contributed by atoms with E-state index in [0.29, 0.717) is 12.8 Å². The van der Waals surface area contributed by atoms with E-state index in [2.05, 4.69) is 6.58 Å². The summed E-state index contributed by atoms with van der Waals surface area (Å²) in [5.74, 6) is -0.493. The smallest absolute Gasteiger partial charge is 0.338 e. The molecule has 1 aliphatic rings. The summed E-state index contributed by atoms with van der Waals surface area (Å²) in [4.78, 5) is 11.4. The summed E-state index contributed by atoms with van der Waals surface area (Å²) in [5.41, 5.74) is -1.22. The monoisotopic (exact) mass is 184 g/mol. The predicted octanol–water partition coefficient (Wildman–Crippen LogP) is 1.41. The van der Waals surface area contributed by atoms with E-state index in [4.69, 9.17) is 4.74 Å². The average Bonchev–Trinajstić information content (AvgIpc) is 2.15. The minimum atomic E-state index is -1.22. The molecule has 0 radical (unpaired) electrons. The van der Waals surface area contributed by atoms with Crippen LogP contribution in [-0.2, 0) is 9.53 Å². The zero-order valence-corrected chi connectivity index (χ0v) is 7.79. The summed E-state index contributed by atoms with van der Waals surface area (Å²) in [6.07, 6.45) is 5.46. The third-order valence-electron chi connectivity index (χ3n) is 2.39. The Balaban J connectivity index is 2.46. The molecule has 1 fully saturated rings. The van der Waals surface area contributed by atoms with Crippen LogP contribution >= 0.6 is 0 Å². The largest absolute Gasteiger partial charge is 0.459 e. The van der Waals surface area contributed by atoms with E-state index in [9.17, 15) is 9.90 Å². The number of hydrogen-bond acceptors (Lipinski definition) is 3. The molecule has 0 heterocycles. The van der Waals surface area contributed by atoms with Gasteiger partial charge in [0.05, 0.1) is 0 Å². The first-order chi connectivity index (χ1) is 6.19. The first-order valence-corrected chi connectivity index (χ1v) is 4.69. The van der Waals surface area contributed by atoms with Crippen LogP contribution in [0.5, 0.6) is 0 Å². The molecule has 1 aliphatic carbocycles. The summed E-state index contributed by atoms with van der Waals surface area (Å²) >= 11 is 0. The van der Waals surface area contributed by atoms with E-state index < -0.39 is 11.6 Å². The van der Waals surface area contributed by atoms with Crippen molar-refractivity contribution in [2.75, 3.05) is 6.61 Å². The number of aliphatic hydroxyl groups is 1. The van der Waals surface area contributed by atoms with Crippen molar-refractivity contribution < 1.29 is 14.6 Å². The van der Waals surface area contributed by atoms with E-state index in [-0.39, 0.29) is 6.61 Å². The lowest BCUT2D eigenvalue weighted by Crippen LogP contribution is -2.41. The molecule has 1 N–H and O–H groups in total. The topological polar surface area (TPSA) is 46.5 Å². The number of rotatable bonds is 3. The third kappa shape index (κ3) is 2.56. The van der Waals surface area contributed by atoms with Gasteiger partial charge in [-0.3, -0.25) is 0 Å². The van der Waals surface area contributed by atoms with Crippen molar-refractivity contribution in [1.29, 1.82) is 0 Å². The van der Waals surface area contributed by atoms with Gasteiger partial charge in [0.2, 0.25) is 0 Å². The molecule has 0 aromatic heterocycles. The molecule has 0 aromatic rings. The van der Waals surface area contributed by atoms with Crippen molar-refractivity contribution in [3.8, 4) is 0 Å². The van der Waals surface area contributed by atoms with Crippen LogP contribution in [0.2, 0.25) is 0 Å². The Morgan fingerprint density at radius 2 is 2.08 bits per heavy atom. The van der Waals surface area contributed by atoms with Crippen LogP contribution in [0.25, 0.3) is 0 Å². The Bertz CT molecular complexity index is 192. The van der Waals surface area contributed by atoms with Crippen LogP contribution < -0.4 is 0 Å². The van der Waals surface area contributed by atoms with Gasteiger partial charge in [-0.15, -0.1) is 0 Å². The van der Waals surface area contributed by atoms with Crippen molar-refractivity contribution in [3.63, 3.8) is 0 Å². The Kier molecular flexibility index (Phi) is 3.48. The fourth-order valence-corrected chi connectivity index (χ4v) is 1.61. The van der Waals surface area contributed by atoms with Crippen LogP contribution in [0.1, 0.15) is 32.1 Å². The quantitative estimate of drug-likeness (QED) is 0.533. The molecule has 0 atom stereocenters. The molecule has 13 heavy (non-hydrogen) atoms. The maximum Gasteiger partial charge on any atom is 0.338 e. The molecule has 1 rings (SSSR count). The zero-order valence-electron chi connectivity index (χ0n) is 7.79. The first-order valence-electron chi connectivity index (χ1n) is 4.69. The number of carbonyl (C=O) groups excluding carboxylic acids is 1. The SMILES string of the molecule is C=CCOC(=O)C1(O)CCCCC1. The Morgan fingerprint density at radius 3 is 2.62 bits per heavy atom. The molecule has 3 nitrogen and oxygen atoms in total. The zero-order chi connectivity index (χ0) is 9.73. The molecule has 3 heteroatoms. The molecule has 74 valence electrons. The van der Waals surface area contributed by atoms with Gasteiger partial charge >= 0.3 is 5.97 Å². The summed E-state index contributed by atoms with van der Waals surface area (Å²) in [7, 11) is 0. The fraction of sp³-hybridized carbons (Fsp3) is 0.700. The van der Waals surface area contributed by atoms with Gasteiger partial charge in [0, 0.05) is 0 Å². The van der Waals surface area contributed by atoms with Crippen LogP contribution in [-0.4, -0.2) is 23.3 Å². The van der Waals surface area contributed by atoms with Gasteiger partial charge in [0.1, 0.15) is 6.61 Å². The first kappa shape index (κ1) is 10.3. The number of ether oxygens (including phenoxy) is 1. The number of carbonyl (C=O) groups is 1. The van der Waals surface area contributed by atoms with E-state index in [0.717, 1.165) is 19.3 Å². The fourth-order valence-electron chi connectivity index (χ4n) is 1.61. The van der Waals surface area contributed by atoms with E-state index in [1.165, 1.54) is 6.08 Å². The molecule has 1 saturated carbocycles. The third-order valence-corrected chi connectivity index (χ3v) is 2.39. The molecule has 0 spiro atoms. The number of hydrogen-bond donors (Lipinski definition) is 1. The highest BCUT2D eigenvalue weighted by atomic mass is 16.5. The summed E-state index contributed by atoms with van der Waals surface area (Å²) in [6.45, 7) is 3.62. The Morgan fingerprint density at radius 1 is 1.46 bits per heavy atom. The van der Waals surface area contributed by atoms with Gasteiger partial charge in [-0.25, -0.2) is 4.79 Å². The number of esters is 1. The molecule has 0 unspecified atom stereocenters. The van der Waals surface area contributed by atoms with Gasteiger partial charge < -0.3 is 9.84 Å². The molecule has 0 bridgehead atoms. The van der Waals surface area contributed by atoms with Crippen molar-refractivity contribution in [2.24, 2.45) is 0 Å². The van der Waals surface area contributed by atoms with Crippen LogP contribution in [0.15, 0.2) is 12.7 Å². The second-order valence-electron chi connectivity index (χ2n) is 3.48. The highest BCUT2D eigenvalue weighted by Gasteiger charge is 2.38. The van der Waals surface area contributed by atoms with Gasteiger partial charge in [-0.1, -0.05) is 19.1 Å². The van der Waals surface area contributed by atoms with Crippen molar-refractivity contribution in [2.45, 2.75) is 37.7 Å². The van der Waals surface area contributed by atoms with Gasteiger partial charge in [-0.2, -0.15) is 0 Å².